The number of rotatable bonds is 1. The van der Waals surface area contributed by atoms with E-state index in [1.807, 2.05) is 36.7 Å². The third-order valence-corrected chi connectivity index (χ3v) is 1.77. The van der Waals surface area contributed by atoms with Gasteiger partial charge in [0, 0.05) is 13.0 Å². The minimum Gasteiger partial charge on any atom is -0.266 e. The Morgan fingerprint density at radius 1 is 1.31 bits per heavy atom. The first kappa shape index (κ1) is 9.60. The van der Waals surface area contributed by atoms with Crippen LogP contribution in [0.1, 0.15) is 12.5 Å². The van der Waals surface area contributed by atoms with Gasteiger partial charge in [-0.25, -0.2) is 0 Å². The van der Waals surface area contributed by atoms with Gasteiger partial charge >= 0.3 is 0 Å². The quantitative estimate of drug-likeness (QED) is 0.459. The molecule has 1 heterocycles. The zero-order valence-electron chi connectivity index (χ0n) is 8.63. The summed E-state index contributed by atoms with van der Waals surface area (Å²) in [7, 11) is 4.02. The summed E-state index contributed by atoms with van der Waals surface area (Å²) in [5.74, 6) is 3.99. The van der Waals surface area contributed by atoms with Crippen LogP contribution < -0.4 is 9.47 Å². The van der Waals surface area contributed by atoms with Crippen molar-refractivity contribution in [1.82, 2.24) is 0 Å². The van der Waals surface area contributed by atoms with Gasteiger partial charge in [0.25, 0.3) is 5.82 Å². The molecule has 68 valence electrons. The van der Waals surface area contributed by atoms with Crippen LogP contribution in [0.25, 0.3) is 0 Å². The van der Waals surface area contributed by atoms with E-state index in [2.05, 4.69) is 31.0 Å². The Hall–Kier alpha value is -1.49. The molecule has 1 rings (SSSR count). The Morgan fingerprint density at radius 2 is 2.00 bits per heavy atom. The standard InChI is InChI=1S/C11H15N2/c1-5-8-13-9-10(2)6-7-11(13)12(3)4/h6-7,9H,1-4H3/q+1. The van der Waals surface area contributed by atoms with E-state index < -0.39 is 0 Å². The molecule has 0 amide bonds. The molecule has 0 aliphatic rings. The lowest BCUT2D eigenvalue weighted by molar-refractivity contribution is -0.570. The SMILES string of the molecule is CC#C[n+]1cc(C)ccc1N(C)C. The van der Waals surface area contributed by atoms with E-state index in [1.54, 1.807) is 0 Å². The lowest BCUT2D eigenvalue weighted by atomic mass is 10.3. The molecule has 0 bridgehead atoms. The van der Waals surface area contributed by atoms with Crippen LogP contribution in [0, 0.1) is 18.9 Å². The monoisotopic (exact) mass is 175 g/mol. The van der Waals surface area contributed by atoms with Crippen LogP contribution in [-0.2, 0) is 0 Å². The number of aryl methyl sites for hydroxylation is 1. The van der Waals surface area contributed by atoms with Crippen LogP contribution in [0.4, 0.5) is 5.82 Å². The van der Waals surface area contributed by atoms with E-state index in [0.717, 1.165) is 5.82 Å². The van der Waals surface area contributed by atoms with Crippen molar-refractivity contribution in [3.8, 4) is 12.0 Å². The largest absolute Gasteiger partial charge is 0.289 e. The lowest BCUT2D eigenvalue weighted by Crippen LogP contribution is -2.35. The second-order valence-corrected chi connectivity index (χ2v) is 3.19. The first-order valence-corrected chi connectivity index (χ1v) is 4.27. The highest BCUT2D eigenvalue weighted by molar-refractivity contribution is 5.32. The maximum atomic E-state index is 3.02. The molecule has 0 N–H and O–H groups in total. The molecule has 0 fully saturated rings. The summed E-state index contributed by atoms with van der Waals surface area (Å²) < 4.78 is 1.94. The molecule has 0 radical (unpaired) electrons. The molecular weight excluding hydrogens is 160 g/mol. The van der Waals surface area contributed by atoms with Crippen molar-refractivity contribution in [2.75, 3.05) is 19.0 Å². The van der Waals surface area contributed by atoms with Crippen molar-refractivity contribution in [1.29, 1.82) is 0 Å². The summed E-state index contributed by atoms with van der Waals surface area (Å²) in [6.07, 6.45) is 2.03. The van der Waals surface area contributed by atoms with Gasteiger partial charge in [-0.1, -0.05) is 5.92 Å². The molecule has 2 heteroatoms. The molecule has 1 aromatic heterocycles. The predicted octanol–water partition coefficient (Wildman–Crippen LogP) is 1.18. The predicted molar refractivity (Wildman–Crippen MR) is 54.5 cm³/mol. The first-order valence-electron chi connectivity index (χ1n) is 4.27. The molecule has 0 aliphatic heterocycles. The van der Waals surface area contributed by atoms with E-state index in [0.29, 0.717) is 0 Å². The number of aromatic nitrogens is 1. The molecule has 0 unspecified atom stereocenters. The first-order chi connectivity index (χ1) is 6.15. The minimum absolute atomic E-state index is 1.10. The second-order valence-electron chi connectivity index (χ2n) is 3.19. The van der Waals surface area contributed by atoms with E-state index >= 15 is 0 Å². The third kappa shape index (κ3) is 2.22. The van der Waals surface area contributed by atoms with Gasteiger partial charge in [-0.2, -0.15) is 4.57 Å². The number of nitrogens with zero attached hydrogens (tertiary/aromatic N) is 2. The third-order valence-electron chi connectivity index (χ3n) is 1.77. The van der Waals surface area contributed by atoms with Gasteiger partial charge in [-0.3, -0.25) is 4.90 Å². The Bertz CT molecular complexity index is 356. The maximum absolute atomic E-state index is 3.02. The fourth-order valence-corrected chi connectivity index (χ4v) is 1.17. The average molecular weight is 175 g/mol. The molecule has 0 atom stereocenters. The van der Waals surface area contributed by atoms with Crippen molar-refractivity contribution in [3.05, 3.63) is 23.9 Å². The zero-order chi connectivity index (χ0) is 9.84. The van der Waals surface area contributed by atoms with Crippen LogP contribution in [0.5, 0.6) is 0 Å². The summed E-state index contributed by atoms with van der Waals surface area (Å²) in [6.45, 7) is 3.90. The molecule has 0 saturated carbocycles. The van der Waals surface area contributed by atoms with Gasteiger partial charge in [-0.15, -0.1) is 0 Å². The van der Waals surface area contributed by atoms with Crippen molar-refractivity contribution in [3.63, 3.8) is 0 Å². The molecule has 0 spiro atoms. The number of pyridine rings is 1. The zero-order valence-corrected chi connectivity index (χ0v) is 8.63. The average Bonchev–Trinajstić information content (AvgIpc) is 2.04. The molecule has 2 nitrogen and oxygen atoms in total. The summed E-state index contributed by atoms with van der Waals surface area (Å²) in [6, 6.07) is 7.18. The van der Waals surface area contributed by atoms with Gasteiger partial charge < -0.3 is 0 Å². The van der Waals surface area contributed by atoms with E-state index in [1.165, 1.54) is 5.56 Å². The van der Waals surface area contributed by atoms with Gasteiger partial charge in [0.1, 0.15) is 12.2 Å². The van der Waals surface area contributed by atoms with Crippen molar-refractivity contribution in [2.45, 2.75) is 13.8 Å². The normalized spacial score (nSPS) is 8.92. The molecule has 0 aliphatic carbocycles. The topological polar surface area (TPSA) is 7.12 Å². The molecule has 0 saturated heterocycles. The molecular formula is C11H15N2+. The lowest BCUT2D eigenvalue weighted by Gasteiger charge is -2.06. The highest BCUT2D eigenvalue weighted by Gasteiger charge is 2.08. The van der Waals surface area contributed by atoms with Crippen LogP contribution >= 0.6 is 0 Å². The van der Waals surface area contributed by atoms with Gasteiger partial charge in [0.05, 0.1) is 14.1 Å². The van der Waals surface area contributed by atoms with Crippen molar-refractivity contribution < 1.29 is 4.57 Å². The summed E-state index contributed by atoms with van der Waals surface area (Å²) in [4.78, 5) is 2.05. The Kier molecular flexibility index (Phi) is 2.92. The Labute approximate surface area is 79.8 Å². The van der Waals surface area contributed by atoms with Crippen LogP contribution in [0.3, 0.4) is 0 Å². The number of anilines is 1. The maximum Gasteiger partial charge on any atom is 0.289 e. The summed E-state index contributed by atoms with van der Waals surface area (Å²) in [5.41, 5.74) is 1.22. The Morgan fingerprint density at radius 3 is 2.54 bits per heavy atom. The summed E-state index contributed by atoms with van der Waals surface area (Å²) >= 11 is 0. The van der Waals surface area contributed by atoms with Crippen LogP contribution in [0.2, 0.25) is 0 Å². The minimum atomic E-state index is 1.10. The molecule has 13 heavy (non-hydrogen) atoms. The van der Waals surface area contributed by atoms with Gasteiger partial charge in [-0.05, 0) is 18.6 Å². The van der Waals surface area contributed by atoms with Crippen molar-refractivity contribution in [2.24, 2.45) is 0 Å². The van der Waals surface area contributed by atoms with E-state index in [9.17, 15) is 0 Å². The summed E-state index contributed by atoms with van der Waals surface area (Å²) in [5, 5.41) is 0. The van der Waals surface area contributed by atoms with Crippen LogP contribution in [0.15, 0.2) is 18.3 Å². The fraction of sp³-hybridized carbons (Fsp3) is 0.364. The smallest absolute Gasteiger partial charge is 0.266 e. The van der Waals surface area contributed by atoms with E-state index in [4.69, 9.17) is 0 Å². The fourth-order valence-electron chi connectivity index (χ4n) is 1.17. The highest BCUT2D eigenvalue weighted by atomic mass is 15.2. The van der Waals surface area contributed by atoms with E-state index in [-0.39, 0.29) is 0 Å². The second kappa shape index (κ2) is 3.95. The highest BCUT2D eigenvalue weighted by Crippen LogP contribution is 2.04. The number of hydrogen-bond donors (Lipinski definition) is 0. The Balaban J connectivity index is 3.24. The molecule has 0 aromatic carbocycles. The van der Waals surface area contributed by atoms with Gasteiger partial charge in [0.2, 0.25) is 0 Å². The van der Waals surface area contributed by atoms with Crippen molar-refractivity contribution >= 4 is 5.82 Å². The molecule has 1 aromatic rings. The van der Waals surface area contributed by atoms with Gasteiger partial charge in [0.15, 0.2) is 0 Å². The van der Waals surface area contributed by atoms with Crippen LogP contribution in [-0.4, -0.2) is 14.1 Å². The number of hydrogen-bond acceptors (Lipinski definition) is 1.